The third-order valence-electron chi connectivity index (χ3n) is 6.48. The number of hydrogen-bond donors (Lipinski definition) is 3. The van der Waals surface area contributed by atoms with Gasteiger partial charge in [-0.05, 0) is 56.2 Å². The highest BCUT2D eigenvalue weighted by atomic mass is 16.4. The number of carbonyl (C=O) groups is 3. The van der Waals surface area contributed by atoms with Crippen molar-refractivity contribution < 1.29 is 19.5 Å². The zero-order valence-corrected chi connectivity index (χ0v) is 20.1. The molecule has 0 spiro atoms. The van der Waals surface area contributed by atoms with Gasteiger partial charge in [-0.2, -0.15) is 0 Å². The quantitative estimate of drug-likeness (QED) is 0.544. The molecule has 34 heavy (non-hydrogen) atoms. The number of rotatable bonds is 7. The highest BCUT2D eigenvalue weighted by Gasteiger charge is 2.36. The van der Waals surface area contributed by atoms with E-state index in [0.29, 0.717) is 6.04 Å². The first-order valence-corrected chi connectivity index (χ1v) is 11.7. The van der Waals surface area contributed by atoms with E-state index in [-0.39, 0.29) is 30.7 Å². The maximum absolute atomic E-state index is 12.9. The summed E-state index contributed by atoms with van der Waals surface area (Å²) < 4.78 is 0. The number of carbonyl (C=O) groups excluding carboxylic acids is 2. The normalized spacial score (nSPS) is 18.7. The number of fused-ring (bicyclic) bond motifs is 2. The van der Waals surface area contributed by atoms with Crippen molar-refractivity contribution in [3.05, 3.63) is 54.3 Å². The molecule has 2 amide bonds. The molecule has 0 radical (unpaired) electrons. The van der Waals surface area contributed by atoms with E-state index in [1.54, 1.807) is 0 Å². The number of carboxylic acid groups (broad SMARTS) is 1. The van der Waals surface area contributed by atoms with E-state index in [1.165, 1.54) is 27.6 Å². The van der Waals surface area contributed by atoms with E-state index >= 15 is 0 Å². The first-order valence-electron chi connectivity index (χ1n) is 11.7. The van der Waals surface area contributed by atoms with Gasteiger partial charge in [0.15, 0.2) is 0 Å². The fourth-order valence-electron chi connectivity index (χ4n) is 4.74. The van der Waals surface area contributed by atoms with Gasteiger partial charge in [-0.25, -0.2) is 0 Å². The van der Waals surface area contributed by atoms with E-state index in [0.717, 1.165) is 32.1 Å². The van der Waals surface area contributed by atoms with Gasteiger partial charge in [-0.3, -0.25) is 19.3 Å². The molecule has 8 heteroatoms. The van der Waals surface area contributed by atoms with E-state index in [2.05, 4.69) is 73.1 Å². The van der Waals surface area contributed by atoms with Gasteiger partial charge in [0.1, 0.15) is 0 Å². The largest absolute Gasteiger partial charge is 0.481 e. The fraction of sp³-hybridized carbons (Fsp3) is 0.423. The van der Waals surface area contributed by atoms with Crippen LogP contribution in [-0.2, 0) is 20.8 Å². The van der Waals surface area contributed by atoms with Crippen LogP contribution in [0.4, 0.5) is 0 Å². The second-order valence-corrected chi connectivity index (χ2v) is 8.58. The number of likely N-dealkylation sites (N-methyl/N-ethyl adjacent to an activating group) is 1. The maximum Gasteiger partial charge on any atom is 0.305 e. The van der Waals surface area contributed by atoms with Gasteiger partial charge in [0.2, 0.25) is 11.8 Å². The molecule has 1 aromatic carbocycles. The molecule has 1 aromatic heterocycles. The predicted octanol–water partition coefficient (Wildman–Crippen LogP) is 2.67. The van der Waals surface area contributed by atoms with Gasteiger partial charge >= 0.3 is 5.97 Å². The molecule has 1 aliphatic carbocycles. The lowest BCUT2D eigenvalue weighted by atomic mass is 9.79. The lowest BCUT2D eigenvalue weighted by Crippen LogP contribution is -2.47. The van der Waals surface area contributed by atoms with Gasteiger partial charge in [0.25, 0.3) is 0 Å². The van der Waals surface area contributed by atoms with Crippen molar-refractivity contribution in [3.8, 4) is 0 Å². The molecule has 0 unspecified atom stereocenters. The Bertz CT molecular complexity index is 1100. The molecule has 2 heterocycles. The molecule has 0 fully saturated rings. The number of aliphatic carboxylic acids is 1. The summed E-state index contributed by atoms with van der Waals surface area (Å²) in [6.07, 6.45) is 6.45. The maximum atomic E-state index is 12.9. The molecule has 2 aromatic rings. The number of aromatic nitrogens is 1. The molecular weight excluding hydrogens is 432 g/mol. The standard InChI is InChI=1S/C20H25N3O.C6H9NO3/c1-4-23(5-2)20(24)14-9-16-15-7-6-8-17-19(15)13(11-21-17)10-18(16)22(3)12-14;1-2-5(8)7-4-3-6(9)10/h6-9,11,14,18,21H,4-5,10,12H2,1-3H3;2H,1,3-4H2,(H,7,8)(H,9,10)/t14-,18-;/m1./s1. The molecule has 8 nitrogen and oxygen atoms in total. The number of carboxylic acids is 1. The summed E-state index contributed by atoms with van der Waals surface area (Å²) in [6, 6.07) is 6.82. The molecule has 1 aliphatic heterocycles. The number of nitrogens with one attached hydrogen (secondary N) is 2. The van der Waals surface area contributed by atoms with Gasteiger partial charge in [0, 0.05) is 49.3 Å². The Morgan fingerprint density at radius 2 is 2.03 bits per heavy atom. The van der Waals surface area contributed by atoms with Crippen LogP contribution < -0.4 is 5.32 Å². The summed E-state index contributed by atoms with van der Waals surface area (Å²) >= 11 is 0. The number of H-pyrrole nitrogens is 1. The smallest absolute Gasteiger partial charge is 0.305 e. The van der Waals surface area contributed by atoms with Crippen LogP contribution in [0.25, 0.3) is 16.5 Å². The number of nitrogens with zero attached hydrogens (tertiary/aromatic N) is 2. The van der Waals surface area contributed by atoms with Crippen molar-refractivity contribution in [2.45, 2.75) is 32.7 Å². The lowest BCUT2D eigenvalue weighted by molar-refractivity contribution is -0.137. The van der Waals surface area contributed by atoms with Gasteiger partial charge in [-0.1, -0.05) is 24.8 Å². The minimum atomic E-state index is -0.927. The summed E-state index contributed by atoms with van der Waals surface area (Å²) in [5.41, 5.74) is 5.21. The Morgan fingerprint density at radius 3 is 2.68 bits per heavy atom. The Kier molecular flexibility index (Phi) is 8.28. The molecular formula is C26H34N4O4. The minimum absolute atomic E-state index is 0.0445. The summed E-state index contributed by atoms with van der Waals surface area (Å²) in [7, 11) is 2.15. The Labute approximate surface area is 200 Å². The predicted molar refractivity (Wildman–Crippen MR) is 133 cm³/mol. The van der Waals surface area contributed by atoms with E-state index < -0.39 is 5.97 Å². The summed E-state index contributed by atoms with van der Waals surface area (Å²) in [4.78, 5) is 40.8. The van der Waals surface area contributed by atoms with Crippen LogP contribution in [0.1, 0.15) is 31.4 Å². The molecule has 2 aliphatic rings. The lowest BCUT2D eigenvalue weighted by Gasteiger charge is -2.40. The second-order valence-electron chi connectivity index (χ2n) is 8.58. The van der Waals surface area contributed by atoms with Gasteiger partial charge in [0.05, 0.1) is 12.3 Å². The molecule has 0 saturated carbocycles. The van der Waals surface area contributed by atoms with Crippen LogP contribution >= 0.6 is 0 Å². The van der Waals surface area contributed by atoms with E-state index in [4.69, 9.17) is 5.11 Å². The molecule has 4 rings (SSSR count). The van der Waals surface area contributed by atoms with Crippen molar-refractivity contribution in [2.24, 2.45) is 5.92 Å². The zero-order chi connectivity index (χ0) is 24.8. The fourth-order valence-corrected chi connectivity index (χ4v) is 4.74. The number of aromatic amines is 1. The number of amides is 2. The summed E-state index contributed by atoms with van der Waals surface area (Å²) in [5, 5.41) is 11.8. The van der Waals surface area contributed by atoms with Crippen molar-refractivity contribution in [1.29, 1.82) is 0 Å². The molecule has 0 saturated heterocycles. The van der Waals surface area contributed by atoms with Gasteiger partial charge in [-0.15, -0.1) is 0 Å². The van der Waals surface area contributed by atoms with Gasteiger partial charge < -0.3 is 20.3 Å². The van der Waals surface area contributed by atoms with E-state index in [1.807, 2.05) is 4.90 Å². The van der Waals surface area contributed by atoms with Crippen molar-refractivity contribution >= 4 is 34.3 Å². The molecule has 0 bridgehead atoms. The summed E-state index contributed by atoms with van der Waals surface area (Å²) in [6.45, 7) is 9.82. The van der Waals surface area contributed by atoms with Crippen LogP contribution in [0.2, 0.25) is 0 Å². The second kappa shape index (κ2) is 11.2. The first kappa shape index (κ1) is 25.2. The van der Waals surface area contributed by atoms with Crippen LogP contribution in [0.3, 0.4) is 0 Å². The van der Waals surface area contributed by atoms with Crippen LogP contribution in [0, 0.1) is 5.92 Å². The third-order valence-corrected chi connectivity index (χ3v) is 6.48. The van der Waals surface area contributed by atoms with E-state index in [9.17, 15) is 14.4 Å². The van der Waals surface area contributed by atoms with Crippen molar-refractivity contribution in [3.63, 3.8) is 0 Å². The molecule has 3 N–H and O–H groups in total. The first-order chi connectivity index (χ1) is 16.3. The van der Waals surface area contributed by atoms with Crippen molar-refractivity contribution in [1.82, 2.24) is 20.1 Å². The summed E-state index contributed by atoms with van der Waals surface area (Å²) in [5.74, 6) is -1.06. The monoisotopic (exact) mass is 466 g/mol. The average Bonchev–Trinajstić information content (AvgIpc) is 3.24. The molecule has 182 valence electrons. The Balaban J connectivity index is 0.000000277. The average molecular weight is 467 g/mol. The SMILES string of the molecule is C=CC(=O)NCCC(=O)O.CCN(CC)C(=O)[C@@H]1C=C2c3cccc4[nH]cc(c34)C[C@H]2N(C)C1. The Hall–Kier alpha value is -3.39. The van der Waals surface area contributed by atoms with Crippen LogP contribution in [-0.4, -0.2) is 76.9 Å². The zero-order valence-electron chi connectivity index (χ0n) is 20.1. The highest BCUT2D eigenvalue weighted by Crippen LogP contribution is 2.40. The van der Waals surface area contributed by atoms with Crippen LogP contribution in [0.5, 0.6) is 0 Å². The van der Waals surface area contributed by atoms with Crippen molar-refractivity contribution in [2.75, 3.05) is 33.2 Å². The minimum Gasteiger partial charge on any atom is -0.481 e. The highest BCUT2D eigenvalue weighted by molar-refractivity contribution is 5.99. The number of hydrogen-bond acceptors (Lipinski definition) is 4. The Morgan fingerprint density at radius 1 is 1.29 bits per heavy atom. The third kappa shape index (κ3) is 5.39. The molecule has 2 atom stereocenters. The number of benzene rings is 1. The van der Waals surface area contributed by atoms with Crippen LogP contribution in [0.15, 0.2) is 43.1 Å². The topological polar surface area (TPSA) is 106 Å².